The number of nitrogens with zero attached hydrogens (tertiary/aromatic N) is 3. The van der Waals surface area contributed by atoms with Crippen LogP contribution in [0.4, 0.5) is 10.1 Å². The number of carboxylic acid groups (broad SMARTS) is 1. The van der Waals surface area contributed by atoms with E-state index in [9.17, 15) is 14.7 Å². The summed E-state index contributed by atoms with van der Waals surface area (Å²) in [6.45, 7) is 4.78. The number of anilines is 1. The normalized spacial score (nSPS) is 19.7. The Morgan fingerprint density at radius 3 is 2.56 bits per heavy atom. The van der Waals surface area contributed by atoms with Crippen molar-refractivity contribution >= 4 is 34.3 Å². The first-order chi connectivity index (χ1) is 12.8. The van der Waals surface area contributed by atoms with E-state index in [4.69, 9.17) is 4.74 Å². The molecule has 0 saturated carbocycles. The van der Waals surface area contributed by atoms with Gasteiger partial charge in [0.2, 0.25) is 5.43 Å². The van der Waals surface area contributed by atoms with Crippen molar-refractivity contribution in [3.63, 3.8) is 0 Å². The number of piperazine rings is 1. The Labute approximate surface area is 159 Å². The van der Waals surface area contributed by atoms with Crippen LogP contribution < -0.4 is 15.1 Å². The number of ether oxygens (including phenoxy) is 1. The zero-order chi connectivity index (χ0) is 19.5. The highest BCUT2D eigenvalue weighted by Gasteiger charge is 2.36. The molecule has 2 aliphatic rings. The van der Waals surface area contributed by atoms with E-state index in [2.05, 4.69) is 4.90 Å². The van der Waals surface area contributed by atoms with E-state index >= 15 is 4.39 Å². The number of carbonyl (C=O) groups is 1. The average molecular weight is 393 g/mol. The molecule has 2 aliphatic heterocycles. The molecule has 0 amide bonds. The van der Waals surface area contributed by atoms with Gasteiger partial charge in [-0.2, -0.15) is 0 Å². The standard InChI is InChI=1S/C18H20FN3O4S/c1-9-22-13-10(15(23)12(18(24)25)17(22)27-9)8-11(19)14(16(13)26-3)21-6-4-20(2)5-7-21/h8-9H,4-7H2,1-3H3,(H,24,25). The number of fused-ring (bicyclic) bond motifs is 3. The third kappa shape index (κ3) is 2.60. The molecule has 0 radical (unpaired) electrons. The van der Waals surface area contributed by atoms with E-state index < -0.39 is 17.2 Å². The molecule has 3 heterocycles. The van der Waals surface area contributed by atoms with E-state index in [-0.39, 0.29) is 22.1 Å². The van der Waals surface area contributed by atoms with Crippen molar-refractivity contribution in [3.8, 4) is 5.75 Å². The van der Waals surface area contributed by atoms with E-state index in [1.54, 1.807) is 4.57 Å². The lowest BCUT2D eigenvalue weighted by atomic mass is 10.1. The molecule has 2 aromatic rings. The van der Waals surface area contributed by atoms with Gasteiger partial charge in [-0.1, -0.05) is 11.8 Å². The van der Waals surface area contributed by atoms with Gasteiger partial charge in [0, 0.05) is 26.2 Å². The number of aromatic nitrogens is 1. The second kappa shape index (κ2) is 6.42. The highest BCUT2D eigenvalue weighted by molar-refractivity contribution is 8.00. The molecule has 1 unspecified atom stereocenters. The molecular weight excluding hydrogens is 373 g/mol. The lowest BCUT2D eigenvalue weighted by molar-refractivity contribution is 0.0689. The summed E-state index contributed by atoms with van der Waals surface area (Å²) in [5.41, 5.74) is -0.187. The van der Waals surface area contributed by atoms with Gasteiger partial charge in [-0.25, -0.2) is 9.18 Å². The van der Waals surface area contributed by atoms with Gasteiger partial charge >= 0.3 is 5.97 Å². The Hall–Kier alpha value is -2.26. The third-order valence-corrected chi connectivity index (χ3v) is 6.39. The zero-order valence-corrected chi connectivity index (χ0v) is 16.1. The number of hydrogen-bond donors (Lipinski definition) is 1. The lowest BCUT2D eigenvalue weighted by Crippen LogP contribution is -2.45. The van der Waals surface area contributed by atoms with Crippen molar-refractivity contribution in [2.45, 2.75) is 17.3 Å². The van der Waals surface area contributed by atoms with Gasteiger partial charge < -0.3 is 24.2 Å². The van der Waals surface area contributed by atoms with Gasteiger partial charge in [0.05, 0.1) is 28.4 Å². The summed E-state index contributed by atoms with van der Waals surface area (Å²) in [4.78, 5) is 28.5. The Bertz CT molecular complexity index is 1010. The molecule has 1 aromatic heterocycles. The van der Waals surface area contributed by atoms with Crippen molar-refractivity contribution in [2.75, 3.05) is 45.2 Å². The Morgan fingerprint density at radius 2 is 2.00 bits per heavy atom. The Kier molecular flexibility index (Phi) is 4.31. The number of methoxy groups -OCH3 is 1. The first-order valence-electron chi connectivity index (χ1n) is 8.67. The van der Waals surface area contributed by atoms with Crippen molar-refractivity contribution < 1.29 is 19.0 Å². The van der Waals surface area contributed by atoms with Gasteiger partial charge in [0.15, 0.2) is 11.6 Å². The Balaban J connectivity index is 2.04. The molecule has 1 N–H and O–H groups in total. The van der Waals surface area contributed by atoms with Crippen LogP contribution in [0.1, 0.15) is 22.7 Å². The maximum absolute atomic E-state index is 15.1. The number of pyridine rings is 1. The fourth-order valence-corrected chi connectivity index (χ4v) is 4.95. The van der Waals surface area contributed by atoms with Crippen molar-refractivity contribution in [3.05, 3.63) is 27.7 Å². The van der Waals surface area contributed by atoms with Crippen LogP contribution in [0.15, 0.2) is 15.9 Å². The van der Waals surface area contributed by atoms with E-state index in [0.29, 0.717) is 29.3 Å². The molecule has 0 aliphatic carbocycles. The second-order valence-corrected chi connectivity index (χ2v) is 8.13. The number of thioether (sulfide) groups is 1. The molecule has 0 spiro atoms. The van der Waals surface area contributed by atoms with Crippen molar-refractivity contribution in [2.24, 2.45) is 0 Å². The highest BCUT2D eigenvalue weighted by Crippen LogP contribution is 2.50. The monoisotopic (exact) mass is 393 g/mol. The highest BCUT2D eigenvalue weighted by atomic mass is 32.2. The number of rotatable bonds is 3. The van der Waals surface area contributed by atoms with Crippen LogP contribution in [0.5, 0.6) is 5.75 Å². The van der Waals surface area contributed by atoms with Gasteiger partial charge in [0.1, 0.15) is 11.3 Å². The number of benzene rings is 1. The van der Waals surface area contributed by atoms with E-state index in [0.717, 1.165) is 19.2 Å². The summed E-state index contributed by atoms with van der Waals surface area (Å²) >= 11 is 1.32. The third-order valence-electron chi connectivity index (χ3n) is 5.21. The largest absolute Gasteiger partial charge is 0.492 e. The molecule has 0 bridgehead atoms. The number of carboxylic acids is 1. The van der Waals surface area contributed by atoms with E-state index in [1.165, 1.54) is 18.9 Å². The van der Waals surface area contributed by atoms with Crippen molar-refractivity contribution in [1.29, 1.82) is 0 Å². The van der Waals surface area contributed by atoms with Crippen LogP contribution in [-0.2, 0) is 0 Å². The molecule has 1 saturated heterocycles. The first-order valence-corrected chi connectivity index (χ1v) is 9.55. The SMILES string of the molecule is COc1c(N2CCN(C)CC2)c(F)cc2c(=O)c(C(=O)O)c3n(c12)C(C)S3. The van der Waals surface area contributed by atoms with Crippen LogP contribution in [0.2, 0.25) is 0 Å². The van der Waals surface area contributed by atoms with Crippen LogP contribution in [0.3, 0.4) is 0 Å². The van der Waals surface area contributed by atoms with Crippen LogP contribution in [0.25, 0.3) is 10.9 Å². The molecule has 9 heteroatoms. The van der Waals surface area contributed by atoms with Crippen LogP contribution in [-0.4, -0.2) is 60.9 Å². The summed E-state index contributed by atoms with van der Waals surface area (Å²) in [7, 11) is 3.47. The molecule has 144 valence electrons. The summed E-state index contributed by atoms with van der Waals surface area (Å²) in [6.07, 6.45) is 0. The summed E-state index contributed by atoms with van der Waals surface area (Å²) in [6, 6.07) is 1.16. The second-order valence-electron chi connectivity index (χ2n) is 6.83. The maximum Gasteiger partial charge on any atom is 0.342 e. The summed E-state index contributed by atoms with van der Waals surface area (Å²) in [5.74, 6) is -1.58. The van der Waals surface area contributed by atoms with Crippen molar-refractivity contribution in [1.82, 2.24) is 9.47 Å². The molecule has 1 aromatic carbocycles. The summed E-state index contributed by atoms with van der Waals surface area (Å²) < 4.78 is 22.4. The predicted molar refractivity (Wildman–Crippen MR) is 102 cm³/mol. The van der Waals surface area contributed by atoms with Crippen LogP contribution >= 0.6 is 11.8 Å². The van der Waals surface area contributed by atoms with E-state index in [1.807, 2.05) is 18.9 Å². The Morgan fingerprint density at radius 1 is 1.33 bits per heavy atom. The molecular formula is C18H20FN3O4S. The maximum atomic E-state index is 15.1. The zero-order valence-electron chi connectivity index (χ0n) is 15.3. The topological polar surface area (TPSA) is 75.0 Å². The minimum Gasteiger partial charge on any atom is -0.492 e. The summed E-state index contributed by atoms with van der Waals surface area (Å²) in [5, 5.41) is 9.82. The molecule has 1 fully saturated rings. The van der Waals surface area contributed by atoms with Gasteiger partial charge in [-0.15, -0.1) is 0 Å². The molecule has 27 heavy (non-hydrogen) atoms. The quantitative estimate of drug-likeness (QED) is 0.857. The van der Waals surface area contributed by atoms with Gasteiger partial charge in [-0.05, 0) is 20.0 Å². The fraction of sp³-hybridized carbons (Fsp3) is 0.444. The fourth-order valence-electron chi connectivity index (χ4n) is 3.81. The molecule has 1 atom stereocenters. The predicted octanol–water partition coefficient (Wildman–Crippen LogP) is 2.22. The number of likely N-dealkylation sites (N-methyl/N-ethyl adjacent to an activating group) is 1. The molecule has 4 rings (SSSR count). The first kappa shape index (κ1) is 18.1. The van der Waals surface area contributed by atoms with Gasteiger partial charge in [0.25, 0.3) is 0 Å². The van der Waals surface area contributed by atoms with Gasteiger partial charge in [-0.3, -0.25) is 4.79 Å². The number of aromatic carboxylic acids is 1. The number of hydrogen-bond acceptors (Lipinski definition) is 6. The number of halogens is 1. The molecule has 7 nitrogen and oxygen atoms in total. The minimum absolute atomic E-state index is 0.0375. The average Bonchev–Trinajstić information content (AvgIpc) is 2.61. The minimum atomic E-state index is -1.30. The lowest BCUT2D eigenvalue weighted by Gasteiger charge is -2.37. The smallest absolute Gasteiger partial charge is 0.342 e. The van der Waals surface area contributed by atoms with Crippen LogP contribution in [0, 0.1) is 5.82 Å².